The number of nitrogens with zero attached hydrogens (tertiary/aromatic N) is 2. The van der Waals surface area contributed by atoms with Crippen molar-refractivity contribution in [2.45, 2.75) is 39.8 Å². The van der Waals surface area contributed by atoms with Gasteiger partial charge in [0.2, 0.25) is 0 Å². The van der Waals surface area contributed by atoms with Crippen molar-refractivity contribution in [3.63, 3.8) is 0 Å². The van der Waals surface area contributed by atoms with Crippen molar-refractivity contribution in [3.8, 4) is 17.2 Å². The lowest BCUT2D eigenvalue weighted by Gasteiger charge is -2.15. The number of rotatable bonds is 14. The number of benzene rings is 6. The molecule has 8 aromatic rings. The quantitative estimate of drug-likeness (QED) is 0.0820. The van der Waals surface area contributed by atoms with Gasteiger partial charge in [0, 0.05) is 62.0 Å². The fourth-order valence-electron chi connectivity index (χ4n) is 7.98. The summed E-state index contributed by atoms with van der Waals surface area (Å²) in [5, 5.41) is 8.07. The summed E-state index contributed by atoms with van der Waals surface area (Å²) < 4.78 is 20.2. The summed E-state index contributed by atoms with van der Waals surface area (Å²) in [7, 11) is 4.65. The van der Waals surface area contributed by atoms with Crippen LogP contribution in [0.4, 0.5) is 11.4 Å². The summed E-state index contributed by atoms with van der Waals surface area (Å²) in [5.41, 5.74) is 7.00. The molecular formula is C53H48Cl2N4O7. The number of ketones is 2. The number of aromatic nitrogens is 2. The second kappa shape index (κ2) is 20.7. The van der Waals surface area contributed by atoms with Gasteiger partial charge in [-0.3, -0.25) is 19.2 Å². The van der Waals surface area contributed by atoms with Crippen LogP contribution >= 0.6 is 23.2 Å². The number of methoxy groups -OCH3 is 3. The molecule has 0 saturated carbocycles. The molecule has 2 N–H and O–H groups in total. The van der Waals surface area contributed by atoms with E-state index in [9.17, 15) is 19.2 Å². The summed E-state index contributed by atoms with van der Waals surface area (Å²) >= 11 is 12.1. The molecule has 0 saturated heterocycles. The Morgan fingerprint density at radius 2 is 1.05 bits per heavy atom. The van der Waals surface area contributed by atoms with Crippen molar-refractivity contribution >= 4 is 79.8 Å². The van der Waals surface area contributed by atoms with E-state index >= 15 is 0 Å². The van der Waals surface area contributed by atoms with E-state index in [1.54, 1.807) is 56.7 Å². The highest BCUT2D eigenvalue weighted by Gasteiger charge is 2.30. The van der Waals surface area contributed by atoms with Crippen molar-refractivity contribution in [3.05, 3.63) is 183 Å². The Kier molecular flexibility index (Phi) is 14.6. The van der Waals surface area contributed by atoms with Crippen LogP contribution in [-0.4, -0.2) is 53.8 Å². The summed E-state index contributed by atoms with van der Waals surface area (Å²) in [5.74, 6) is -0.916. The number of halogens is 2. The number of fused-ring (bicyclic) bond motifs is 2. The van der Waals surface area contributed by atoms with Crippen LogP contribution in [-0.2, 0) is 22.7 Å². The molecule has 0 aliphatic heterocycles. The van der Waals surface area contributed by atoms with E-state index in [-0.39, 0.29) is 5.92 Å². The number of nitrogens with one attached hydrogen (secondary N) is 2. The maximum atomic E-state index is 13.5. The molecular weight excluding hydrogens is 876 g/mol. The van der Waals surface area contributed by atoms with Gasteiger partial charge in [-0.2, -0.15) is 0 Å². The monoisotopic (exact) mass is 922 g/mol. The third kappa shape index (κ3) is 10.1. The molecule has 8 rings (SSSR count). The second-order valence-electron chi connectivity index (χ2n) is 15.7. The lowest BCUT2D eigenvalue weighted by atomic mass is 9.99. The molecule has 0 aliphatic carbocycles. The third-order valence-electron chi connectivity index (χ3n) is 11.1. The molecule has 0 spiro atoms. The zero-order valence-corrected chi connectivity index (χ0v) is 38.8. The minimum atomic E-state index is -0.740. The first-order valence-electron chi connectivity index (χ1n) is 21.1. The van der Waals surface area contributed by atoms with Crippen LogP contribution in [0.3, 0.4) is 0 Å². The number of ether oxygens (including phenoxy) is 3. The van der Waals surface area contributed by atoms with Crippen LogP contribution in [0.5, 0.6) is 17.2 Å². The summed E-state index contributed by atoms with van der Waals surface area (Å²) in [6.07, 6.45) is 0. The minimum Gasteiger partial charge on any atom is -0.497 e. The molecule has 0 aliphatic rings. The highest BCUT2D eigenvalue weighted by atomic mass is 35.5. The van der Waals surface area contributed by atoms with Gasteiger partial charge in [-0.1, -0.05) is 91.6 Å². The average molecular weight is 924 g/mol. The van der Waals surface area contributed by atoms with Gasteiger partial charge >= 0.3 is 0 Å². The number of anilines is 2. The number of hydrogen-bond donors (Lipinski definition) is 2. The van der Waals surface area contributed by atoms with E-state index in [4.69, 9.17) is 37.4 Å². The first-order chi connectivity index (χ1) is 31.8. The van der Waals surface area contributed by atoms with Gasteiger partial charge in [0.05, 0.1) is 38.1 Å². The van der Waals surface area contributed by atoms with Gasteiger partial charge < -0.3 is 34.0 Å². The van der Waals surface area contributed by atoms with E-state index < -0.39 is 23.4 Å². The molecule has 6 aromatic carbocycles. The highest BCUT2D eigenvalue weighted by molar-refractivity contribution is 6.49. The zero-order valence-electron chi connectivity index (χ0n) is 37.3. The first kappa shape index (κ1) is 46.6. The predicted octanol–water partition coefficient (Wildman–Crippen LogP) is 11.8. The fourth-order valence-corrected chi connectivity index (χ4v) is 8.23. The molecule has 0 fully saturated rings. The fraction of sp³-hybridized carbons (Fsp3) is 0.170. The number of carbonyl (C=O) groups is 4. The Balaban J connectivity index is 0.000000196. The maximum Gasteiger partial charge on any atom is 0.296 e. The molecule has 0 unspecified atom stereocenters. The van der Waals surface area contributed by atoms with Crippen molar-refractivity contribution in [1.82, 2.24) is 9.13 Å². The Labute approximate surface area is 392 Å². The van der Waals surface area contributed by atoms with Crippen molar-refractivity contribution in [1.29, 1.82) is 0 Å². The van der Waals surface area contributed by atoms with Gasteiger partial charge in [-0.15, -0.1) is 0 Å². The molecule has 0 atom stereocenters. The van der Waals surface area contributed by atoms with Crippen LogP contribution in [0.2, 0.25) is 10.0 Å². The molecule has 2 aromatic heterocycles. The number of carbonyl (C=O) groups excluding carboxylic acids is 4. The van der Waals surface area contributed by atoms with Gasteiger partial charge in [-0.05, 0) is 109 Å². The lowest BCUT2D eigenvalue weighted by Crippen LogP contribution is -2.24. The highest BCUT2D eigenvalue weighted by Crippen LogP contribution is 2.36. The number of amides is 2. The smallest absolute Gasteiger partial charge is 0.296 e. The van der Waals surface area contributed by atoms with Gasteiger partial charge in [0.1, 0.15) is 17.2 Å². The normalized spacial score (nSPS) is 10.9. The van der Waals surface area contributed by atoms with Gasteiger partial charge in [0.15, 0.2) is 0 Å². The van der Waals surface area contributed by atoms with Gasteiger partial charge in [-0.25, -0.2) is 0 Å². The summed E-state index contributed by atoms with van der Waals surface area (Å²) in [6.45, 7) is 6.95. The summed E-state index contributed by atoms with van der Waals surface area (Å²) in [6, 6.07) is 42.2. The molecule has 0 radical (unpaired) electrons. The van der Waals surface area contributed by atoms with Crippen molar-refractivity contribution < 1.29 is 33.4 Å². The SMILES string of the molecule is COc1ccc2c(c1)c(C(=O)C(=O)Nc1ccccc1)c(C(C)C)n2Cc1ccc(Cl)cc1.COc1ccc2c(c1)c(C(=O)C(=O)Nc1ccccc1OC)c(C)n2Cc1ccc(Cl)cc1. The minimum absolute atomic E-state index is 0.000768. The predicted molar refractivity (Wildman–Crippen MR) is 262 cm³/mol. The van der Waals surface area contributed by atoms with Crippen LogP contribution in [0, 0.1) is 6.92 Å². The van der Waals surface area contributed by atoms with Crippen LogP contribution < -0.4 is 24.8 Å². The number of Topliss-reactive ketones (excluding diaryl/α,β-unsaturated/α-hetero) is 2. The standard InChI is InChI=1S/C27H25ClN2O3.C26H23ClN2O4/c1-17(2)25-24(26(31)27(32)29-20-7-5-4-6-8-20)22-15-21(33-3)13-14-23(22)30(25)16-18-9-11-19(28)12-10-18;1-16-24(25(30)26(31)28-21-6-4-5-7-23(21)33-3)20-14-19(32-2)12-13-22(20)29(16)15-17-8-10-18(27)11-9-17/h4-15,17H,16H2,1-3H3,(H,29,32);4-14H,15H2,1-3H3,(H,28,31). The maximum absolute atomic E-state index is 13.5. The Morgan fingerprint density at radius 1 is 0.561 bits per heavy atom. The van der Waals surface area contributed by atoms with Crippen molar-refractivity contribution in [2.24, 2.45) is 0 Å². The summed E-state index contributed by atoms with van der Waals surface area (Å²) in [4.78, 5) is 52.8. The average Bonchev–Trinajstić information content (AvgIpc) is 3.79. The van der Waals surface area contributed by atoms with E-state index in [0.29, 0.717) is 79.4 Å². The molecule has 2 heterocycles. The first-order valence-corrected chi connectivity index (χ1v) is 21.8. The van der Waals surface area contributed by atoms with E-state index in [1.165, 1.54) is 7.11 Å². The second-order valence-corrected chi connectivity index (χ2v) is 16.6. The molecule has 11 nitrogen and oxygen atoms in total. The Morgan fingerprint density at radius 3 is 1.59 bits per heavy atom. The topological polar surface area (TPSA) is 130 Å². The zero-order chi connectivity index (χ0) is 47.1. The Bertz CT molecular complexity index is 3070. The van der Waals surface area contributed by atoms with Crippen LogP contribution in [0.25, 0.3) is 21.8 Å². The third-order valence-corrected chi connectivity index (χ3v) is 11.7. The van der Waals surface area contributed by atoms with Crippen molar-refractivity contribution in [2.75, 3.05) is 32.0 Å². The molecule has 336 valence electrons. The van der Waals surface area contributed by atoms with Gasteiger partial charge in [0.25, 0.3) is 23.4 Å². The van der Waals surface area contributed by atoms with Crippen LogP contribution in [0.1, 0.15) is 63.0 Å². The molecule has 2 amide bonds. The van der Waals surface area contributed by atoms with E-state index in [1.807, 2.05) is 122 Å². The van der Waals surface area contributed by atoms with E-state index in [0.717, 1.165) is 27.9 Å². The lowest BCUT2D eigenvalue weighted by molar-refractivity contribution is -0.113. The van der Waals surface area contributed by atoms with Crippen LogP contribution in [0.15, 0.2) is 140 Å². The van der Waals surface area contributed by atoms with E-state index in [2.05, 4.69) is 15.2 Å². The molecule has 66 heavy (non-hydrogen) atoms. The molecule has 0 bridgehead atoms. The largest absolute Gasteiger partial charge is 0.497 e. The number of para-hydroxylation sites is 3. The Hall–Kier alpha value is -7.34. The number of hydrogen-bond acceptors (Lipinski definition) is 7. The molecule has 13 heteroatoms.